The summed E-state index contributed by atoms with van der Waals surface area (Å²) in [5.41, 5.74) is 3.07. The third-order valence-corrected chi connectivity index (χ3v) is 2.54. The summed E-state index contributed by atoms with van der Waals surface area (Å²) < 4.78 is 0. The van der Waals surface area contributed by atoms with E-state index in [1.54, 1.807) is 19.3 Å². The predicted molar refractivity (Wildman–Crippen MR) is 54.4 cm³/mol. The van der Waals surface area contributed by atoms with Crippen LogP contribution < -0.4 is 11.3 Å². The quantitative estimate of drug-likeness (QED) is 0.247. The molecule has 1 rings (SSSR count). The summed E-state index contributed by atoms with van der Waals surface area (Å²) in [4.78, 5) is 19.2. The number of carbonyl (C=O) groups is 1. The summed E-state index contributed by atoms with van der Waals surface area (Å²) in [5, 5.41) is 0.286. The van der Waals surface area contributed by atoms with Crippen molar-refractivity contribution in [3.63, 3.8) is 0 Å². The van der Waals surface area contributed by atoms with Gasteiger partial charge in [-0.25, -0.2) is 15.8 Å². The molecule has 0 aliphatic rings. The normalized spacial score (nSPS) is 12.2. The zero-order valence-electron chi connectivity index (χ0n) is 8.02. The molecule has 0 spiro atoms. The van der Waals surface area contributed by atoms with Gasteiger partial charge in [0.25, 0.3) is 0 Å². The lowest BCUT2D eigenvalue weighted by Gasteiger charge is -2.07. The number of carbonyl (C=O) groups excluding carboxylic acids is 1. The highest BCUT2D eigenvalue weighted by atomic mass is 32.2. The Labute approximate surface area is 86.5 Å². The van der Waals surface area contributed by atoms with Crippen LogP contribution >= 0.6 is 11.8 Å². The molecular formula is C8H12N4OS. The number of aryl methyl sites for hydroxylation is 1. The van der Waals surface area contributed by atoms with Crippen molar-refractivity contribution in [3.05, 3.63) is 18.0 Å². The summed E-state index contributed by atoms with van der Waals surface area (Å²) >= 11 is 1.27. The van der Waals surface area contributed by atoms with Gasteiger partial charge < -0.3 is 0 Å². The van der Waals surface area contributed by atoms with Crippen molar-refractivity contribution in [3.8, 4) is 0 Å². The molecule has 14 heavy (non-hydrogen) atoms. The standard InChI is InChI=1S/C8H12N4OS/c1-5-3-10-8(11-4-5)14-6(2)7(13)12-9/h3-4,6H,9H2,1-2H3,(H,12,13). The Morgan fingerprint density at radius 1 is 1.57 bits per heavy atom. The maximum absolute atomic E-state index is 11.1. The van der Waals surface area contributed by atoms with Crippen molar-refractivity contribution >= 4 is 17.7 Å². The van der Waals surface area contributed by atoms with Crippen molar-refractivity contribution in [2.75, 3.05) is 0 Å². The van der Waals surface area contributed by atoms with E-state index in [9.17, 15) is 4.79 Å². The highest BCUT2D eigenvalue weighted by Gasteiger charge is 2.13. The number of nitrogens with two attached hydrogens (primary N) is 1. The molecular weight excluding hydrogens is 200 g/mol. The molecule has 1 atom stereocenters. The van der Waals surface area contributed by atoms with Crippen LogP contribution in [0.2, 0.25) is 0 Å². The van der Waals surface area contributed by atoms with Gasteiger partial charge >= 0.3 is 0 Å². The molecule has 0 bridgehead atoms. The second kappa shape index (κ2) is 4.92. The molecule has 5 nitrogen and oxygen atoms in total. The van der Waals surface area contributed by atoms with Gasteiger partial charge in [0, 0.05) is 12.4 Å². The third-order valence-electron chi connectivity index (χ3n) is 1.55. The average Bonchev–Trinajstić information content (AvgIpc) is 2.20. The number of rotatable bonds is 3. The average molecular weight is 212 g/mol. The van der Waals surface area contributed by atoms with E-state index in [4.69, 9.17) is 5.84 Å². The first kappa shape index (κ1) is 10.9. The Morgan fingerprint density at radius 3 is 2.64 bits per heavy atom. The zero-order valence-corrected chi connectivity index (χ0v) is 8.84. The number of hydrazine groups is 1. The summed E-state index contributed by atoms with van der Waals surface area (Å²) in [6.07, 6.45) is 3.42. The van der Waals surface area contributed by atoms with Crippen LogP contribution in [0.15, 0.2) is 17.6 Å². The van der Waals surface area contributed by atoms with E-state index in [2.05, 4.69) is 15.4 Å². The molecule has 6 heteroatoms. The van der Waals surface area contributed by atoms with E-state index in [0.717, 1.165) is 5.56 Å². The zero-order chi connectivity index (χ0) is 10.6. The fourth-order valence-electron chi connectivity index (χ4n) is 0.771. The Hall–Kier alpha value is -1.14. The molecule has 0 aliphatic heterocycles. The van der Waals surface area contributed by atoms with Gasteiger partial charge in [0.15, 0.2) is 5.16 Å². The first-order valence-corrected chi connectivity index (χ1v) is 4.97. The third kappa shape index (κ3) is 2.97. The topological polar surface area (TPSA) is 80.9 Å². The van der Waals surface area contributed by atoms with E-state index in [0.29, 0.717) is 5.16 Å². The SMILES string of the molecule is Cc1cnc(SC(C)C(=O)NN)nc1. The molecule has 1 aromatic rings. The summed E-state index contributed by atoms with van der Waals surface area (Å²) in [6, 6.07) is 0. The van der Waals surface area contributed by atoms with Gasteiger partial charge in [-0.15, -0.1) is 0 Å². The molecule has 0 saturated carbocycles. The number of thioether (sulfide) groups is 1. The van der Waals surface area contributed by atoms with E-state index in [1.807, 2.05) is 6.92 Å². The molecule has 0 radical (unpaired) electrons. The monoisotopic (exact) mass is 212 g/mol. The largest absolute Gasteiger partial charge is 0.293 e. The van der Waals surface area contributed by atoms with Gasteiger partial charge in [0.1, 0.15) is 0 Å². The Kier molecular flexibility index (Phi) is 3.84. The maximum Gasteiger partial charge on any atom is 0.247 e. The number of amides is 1. The van der Waals surface area contributed by atoms with Crippen molar-refractivity contribution < 1.29 is 4.79 Å². The van der Waals surface area contributed by atoms with Crippen molar-refractivity contribution in [1.29, 1.82) is 0 Å². The predicted octanol–water partition coefficient (Wildman–Crippen LogP) is 0.256. The van der Waals surface area contributed by atoms with Crippen molar-refractivity contribution in [1.82, 2.24) is 15.4 Å². The first-order valence-electron chi connectivity index (χ1n) is 4.09. The van der Waals surface area contributed by atoms with E-state index in [1.165, 1.54) is 11.8 Å². The van der Waals surface area contributed by atoms with Gasteiger partial charge in [0.05, 0.1) is 5.25 Å². The summed E-state index contributed by atoms with van der Waals surface area (Å²) in [5.74, 6) is 4.76. The van der Waals surface area contributed by atoms with Crippen molar-refractivity contribution in [2.45, 2.75) is 24.3 Å². The second-order valence-corrected chi connectivity index (χ2v) is 4.12. The molecule has 0 aliphatic carbocycles. The molecule has 1 amide bonds. The van der Waals surface area contributed by atoms with Gasteiger partial charge in [-0.05, 0) is 19.4 Å². The second-order valence-electron chi connectivity index (χ2n) is 2.81. The van der Waals surface area contributed by atoms with Crippen LogP contribution in [-0.2, 0) is 4.79 Å². The molecule has 3 N–H and O–H groups in total. The first-order chi connectivity index (χ1) is 6.63. The molecule has 1 unspecified atom stereocenters. The van der Waals surface area contributed by atoms with Gasteiger partial charge in [0.2, 0.25) is 5.91 Å². The number of aromatic nitrogens is 2. The Morgan fingerprint density at radius 2 is 2.14 bits per heavy atom. The number of hydrogen-bond acceptors (Lipinski definition) is 5. The van der Waals surface area contributed by atoms with Crippen molar-refractivity contribution in [2.24, 2.45) is 5.84 Å². The van der Waals surface area contributed by atoms with Crippen LogP contribution in [0.25, 0.3) is 0 Å². The van der Waals surface area contributed by atoms with Gasteiger partial charge in [-0.1, -0.05) is 11.8 Å². The lowest BCUT2D eigenvalue weighted by molar-refractivity contribution is -0.120. The van der Waals surface area contributed by atoms with Crippen LogP contribution in [0.5, 0.6) is 0 Å². The van der Waals surface area contributed by atoms with Crippen LogP contribution in [0.4, 0.5) is 0 Å². The molecule has 0 aromatic carbocycles. The summed E-state index contributed by atoms with van der Waals surface area (Å²) in [7, 11) is 0. The van der Waals surface area contributed by atoms with E-state index in [-0.39, 0.29) is 11.2 Å². The van der Waals surface area contributed by atoms with Gasteiger partial charge in [-0.3, -0.25) is 10.2 Å². The summed E-state index contributed by atoms with van der Waals surface area (Å²) in [6.45, 7) is 3.65. The minimum absolute atomic E-state index is 0.237. The lowest BCUT2D eigenvalue weighted by Crippen LogP contribution is -2.36. The highest BCUT2D eigenvalue weighted by Crippen LogP contribution is 2.18. The fourth-order valence-corrected chi connectivity index (χ4v) is 1.49. The van der Waals surface area contributed by atoms with Crippen LogP contribution in [-0.4, -0.2) is 21.1 Å². The smallest absolute Gasteiger partial charge is 0.247 e. The lowest BCUT2D eigenvalue weighted by atomic mass is 10.4. The molecule has 0 saturated heterocycles. The Balaban J connectivity index is 2.60. The van der Waals surface area contributed by atoms with E-state index < -0.39 is 0 Å². The highest BCUT2D eigenvalue weighted by molar-refractivity contribution is 8.00. The molecule has 1 aromatic heterocycles. The molecule has 76 valence electrons. The number of hydrogen-bond donors (Lipinski definition) is 2. The Bertz CT molecular complexity index is 314. The van der Waals surface area contributed by atoms with Crippen LogP contribution in [0.3, 0.4) is 0 Å². The van der Waals surface area contributed by atoms with Crippen LogP contribution in [0, 0.1) is 6.92 Å². The maximum atomic E-state index is 11.1. The molecule has 0 fully saturated rings. The molecule has 1 heterocycles. The van der Waals surface area contributed by atoms with Crippen LogP contribution in [0.1, 0.15) is 12.5 Å². The van der Waals surface area contributed by atoms with E-state index >= 15 is 0 Å². The number of nitrogens with zero attached hydrogens (tertiary/aromatic N) is 2. The minimum Gasteiger partial charge on any atom is -0.293 e. The van der Waals surface area contributed by atoms with Gasteiger partial charge in [-0.2, -0.15) is 0 Å². The minimum atomic E-state index is -0.289. The number of nitrogens with one attached hydrogen (secondary N) is 1. The fraction of sp³-hybridized carbons (Fsp3) is 0.375.